The van der Waals surface area contributed by atoms with E-state index in [0.29, 0.717) is 24.5 Å². The van der Waals surface area contributed by atoms with Gasteiger partial charge < -0.3 is 25.5 Å². The molecule has 0 amide bonds. The second-order valence-electron chi connectivity index (χ2n) is 2.76. The average Bonchev–Trinajstić information content (AvgIpc) is 2.16. The van der Waals surface area contributed by atoms with Gasteiger partial charge in [-0.05, 0) is 12.1 Å². The summed E-state index contributed by atoms with van der Waals surface area (Å²) in [6.45, 7) is 0.954. The molecule has 1 unspecified atom stereocenters. The lowest BCUT2D eigenvalue weighted by molar-refractivity contribution is 0.441. The van der Waals surface area contributed by atoms with Gasteiger partial charge in [-0.1, -0.05) is 0 Å². The Hall–Kier alpha value is -1.31. The van der Waals surface area contributed by atoms with Crippen LogP contribution in [0.15, 0.2) is 18.2 Å². The Labute approximate surface area is 90.1 Å². The van der Waals surface area contributed by atoms with Crippen molar-refractivity contribution in [3.8, 4) is 5.75 Å². The summed E-state index contributed by atoms with van der Waals surface area (Å²) in [5, 5.41) is 2.92. The molecule has 7 heteroatoms. The van der Waals surface area contributed by atoms with Gasteiger partial charge in [-0.2, -0.15) is 0 Å². The van der Waals surface area contributed by atoms with Crippen LogP contribution in [0.2, 0.25) is 0 Å². The van der Waals surface area contributed by atoms with Crippen molar-refractivity contribution in [3.63, 3.8) is 0 Å². The first-order valence-electron chi connectivity index (χ1n) is 4.24. The quantitative estimate of drug-likeness (QED) is 0.477. The number of hydrogen-bond acceptors (Lipinski definition) is 6. The van der Waals surface area contributed by atoms with Crippen LogP contribution in [0.25, 0.3) is 0 Å². The highest BCUT2D eigenvalue weighted by atomic mass is 32.2. The van der Waals surface area contributed by atoms with Crippen molar-refractivity contribution in [2.45, 2.75) is 0 Å². The summed E-state index contributed by atoms with van der Waals surface area (Å²) >= 11 is -2.62. The smallest absolute Gasteiger partial charge is 0.164 e. The van der Waals surface area contributed by atoms with Gasteiger partial charge in [0.05, 0.1) is 5.69 Å². The molecule has 0 aromatic heterocycles. The number of anilines is 2. The van der Waals surface area contributed by atoms with Gasteiger partial charge in [0.2, 0.25) is 0 Å². The maximum atomic E-state index is 10.4. The van der Waals surface area contributed by atoms with Gasteiger partial charge in [-0.15, -0.1) is 0 Å². The molecule has 1 atom stereocenters. The second-order valence-corrected chi connectivity index (χ2v) is 3.33. The third kappa shape index (κ3) is 3.74. The van der Waals surface area contributed by atoms with Crippen molar-refractivity contribution in [1.82, 2.24) is 0 Å². The predicted molar refractivity (Wildman–Crippen MR) is 57.9 cm³/mol. The number of rotatable bonds is 5. The molecular weight excluding hydrogens is 218 g/mol. The van der Waals surface area contributed by atoms with Crippen LogP contribution in [0.1, 0.15) is 0 Å². The molecule has 1 aromatic rings. The number of nitrogens with one attached hydrogen (secondary N) is 1. The highest BCUT2D eigenvalue weighted by Crippen LogP contribution is 2.27. The maximum absolute atomic E-state index is 10.4. The molecule has 5 N–H and O–H groups in total. The monoisotopic (exact) mass is 230 g/mol. The molecule has 0 aliphatic heterocycles. The molecule has 6 nitrogen and oxygen atoms in total. The second kappa shape index (κ2) is 5.54. The topological polar surface area (TPSA) is 113 Å². The largest absolute Gasteiger partial charge is 0.740 e. The van der Waals surface area contributed by atoms with Crippen LogP contribution in [0.4, 0.5) is 11.4 Å². The molecule has 0 heterocycles. The average molecular weight is 230 g/mol. The molecule has 0 saturated carbocycles. The zero-order valence-electron chi connectivity index (χ0n) is 7.93. The first-order valence-corrected chi connectivity index (χ1v) is 5.24. The minimum absolute atomic E-state index is 0.164. The van der Waals surface area contributed by atoms with Crippen molar-refractivity contribution in [1.29, 1.82) is 0 Å². The van der Waals surface area contributed by atoms with Crippen molar-refractivity contribution in [2.24, 2.45) is 5.73 Å². The van der Waals surface area contributed by atoms with Gasteiger partial charge >= 0.3 is 0 Å². The Kier molecular flexibility index (Phi) is 4.35. The van der Waals surface area contributed by atoms with Gasteiger partial charge in [-0.25, -0.2) is 4.21 Å². The lowest BCUT2D eigenvalue weighted by Gasteiger charge is -2.13. The lowest BCUT2D eigenvalue weighted by Crippen LogP contribution is -2.14. The van der Waals surface area contributed by atoms with E-state index in [4.69, 9.17) is 11.5 Å². The van der Waals surface area contributed by atoms with Crippen LogP contribution < -0.4 is 21.0 Å². The predicted octanol–water partition coefficient (Wildman–Crippen LogP) is -0.188. The highest BCUT2D eigenvalue weighted by molar-refractivity contribution is 7.74. The summed E-state index contributed by atoms with van der Waals surface area (Å²) in [4.78, 5) is 0. The van der Waals surface area contributed by atoms with Crippen LogP contribution >= 0.6 is 0 Å². The number of benzene rings is 1. The molecular formula is C8H12N3O3S-. The van der Waals surface area contributed by atoms with E-state index in [-0.39, 0.29) is 5.75 Å². The number of hydrogen-bond donors (Lipinski definition) is 3. The molecule has 0 spiro atoms. The first-order chi connectivity index (χ1) is 7.13. The van der Waals surface area contributed by atoms with E-state index >= 15 is 0 Å². The zero-order valence-corrected chi connectivity index (χ0v) is 8.75. The van der Waals surface area contributed by atoms with Crippen molar-refractivity contribution in [3.05, 3.63) is 18.2 Å². The van der Waals surface area contributed by atoms with E-state index in [0.717, 1.165) is 0 Å². The Morgan fingerprint density at radius 3 is 2.87 bits per heavy atom. The molecule has 0 saturated heterocycles. The fourth-order valence-electron chi connectivity index (χ4n) is 1.03. The Morgan fingerprint density at radius 1 is 1.53 bits per heavy atom. The third-order valence-electron chi connectivity index (χ3n) is 1.62. The van der Waals surface area contributed by atoms with E-state index in [1.165, 1.54) is 6.07 Å². The van der Waals surface area contributed by atoms with Crippen LogP contribution in [0.3, 0.4) is 0 Å². The minimum Gasteiger partial charge on any atom is -0.740 e. The molecule has 0 fully saturated rings. The maximum Gasteiger partial charge on any atom is 0.164 e. The van der Waals surface area contributed by atoms with E-state index in [9.17, 15) is 8.76 Å². The van der Waals surface area contributed by atoms with Gasteiger partial charge in [0.15, 0.2) is 5.75 Å². The molecule has 0 bridgehead atoms. The summed E-state index contributed by atoms with van der Waals surface area (Å²) in [7, 11) is 0. The molecule has 84 valence electrons. The van der Waals surface area contributed by atoms with Crippen molar-refractivity contribution in [2.75, 3.05) is 24.1 Å². The van der Waals surface area contributed by atoms with E-state index in [1.54, 1.807) is 12.1 Å². The summed E-state index contributed by atoms with van der Waals surface area (Å²) in [6, 6.07) is 4.70. The Morgan fingerprint density at radius 2 is 2.27 bits per heavy atom. The summed E-state index contributed by atoms with van der Waals surface area (Å²) in [5.74, 6) is 0.164. The fraction of sp³-hybridized carbons (Fsp3) is 0.250. The fourth-order valence-corrected chi connectivity index (χ4v) is 1.32. The van der Waals surface area contributed by atoms with Crippen LogP contribution in [0, 0.1) is 0 Å². The van der Waals surface area contributed by atoms with E-state index in [2.05, 4.69) is 9.50 Å². The van der Waals surface area contributed by atoms with Crippen molar-refractivity contribution >= 4 is 22.7 Å². The summed E-state index contributed by atoms with van der Waals surface area (Å²) in [5.41, 5.74) is 11.8. The Bertz CT molecular complexity index is 359. The van der Waals surface area contributed by atoms with Crippen LogP contribution in [-0.2, 0) is 11.4 Å². The molecule has 1 rings (SSSR count). The van der Waals surface area contributed by atoms with Gasteiger partial charge in [0.1, 0.15) is 11.4 Å². The summed E-state index contributed by atoms with van der Waals surface area (Å²) < 4.78 is 25.3. The molecule has 0 aliphatic rings. The Balaban J connectivity index is 2.87. The highest BCUT2D eigenvalue weighted by Gasteiger charge is 2.04. The van der Waals surface area contributed by atoms with Crippen LogP contribution in [0.5, 0.6) is 5.75 Å². The van der Waals surface area contributed by atoms with Gasteiger partial charge in [0, 0.05) is 24.8 Å². The molecule has 0 radical (unpaired) electrons. The first kappa shape index (κ1) is 11.8. The van der Waals surface area contributed by atoms with Crippen LogP contribution in [-0.4, -0.2) is 21.9 Å². The minimum atomic E-state index is -2.62. The standard InChI is InChI=1S/C8H13N3O3S/c9-3-4-11-7-2-1-6(10)5-8(7)14-15(12)13/h1-2,5,11H,3-4,9-10H2,(H,12,13)/p-1. The van der Waals surface area contributed by atoms with Gasteiger partial charge in [0.25, 0.3) is 0 Å². The molecule has 0 aliphatic carbocycles. The van der Waals surface area contributed by atoms with E-state index < -0.39 is 11.4 Å². The number of nitrogen functional groups attached to an aromatic ring is 1. The zero-order chi connectivity index (χ0) is 11.3. The molecule has 1 aromatic carbocycles. The summed E-state index contributed by atoms with van der Waals surface area (Å²) in [6.07, 6.45) is 0. The number of nitrogens with two attached hydrogens (primary N) is 2. The third-order valence-corrected chi connectivity index (χ3v) is 1.94. The van der Waals surface area contributed by atoms with E-state index in [1.807, 2.05) is 0 Å². The van der Waals surface area contributed by atoms with Crippen molar-refractivity contribution < 1.29 is 12.9 Å². The lowest BCUT2D eigenvalue weighted by atomic mass is 10.2. The normalized spacial score (nSPS) is 12.1. The van der Waals surface area contributed by atoms with Gasteiger partial charge in [-0.3, -0.25) is 0 Å². The molecule has 15 heavy (non-hydrogen) atoms. The SMILES string of the molecule is NCCNc1ccc(N)cc1OS(=O)[O-].